The van der Waals surface area contributed by atoms with E-state index < -0.39 is 0 Å². The summed E-state index contributed by atoms with van der Waals surface area (Å²) in [6.07, 6.45) is 31.0. The van der Waals surface area contributed by atoms with Crippen LogP contribution in [0, 0.1) is 0 Å². The van der Waals surface area contributed by atoms with E-state index in [1.165, 1.54) is 126 Å². The van der Waals surface area contributed by atoms with E-state index in [1.54, 1.807) is 0 Å². The summed E-state index contributed by atoms with van der Waals surface area (Å²) < 4.78 is 5.04. The molecule has 0 atom stereocenters. The van der Waals surface area contributed by atoms with E-state index in [0.717, 1.165) is 51.5 Å². The lowest BCUT2D eigenvalue weighted by molar-refractivity contribution is 0.898. The third kappa shape index (κ3) is 6.00. The van der Waals surface area contributed by atoms with E-state index in [0.29, 0.717) is 0 Å². The topological polar surface area (TPSA) is 9.86 Å². The Morgan fingerprint density at radius 1 is 0.523 bits per heavy atom. The van der Waals surface area contributed by atoms with Crippen molar-refractivity contribution in [1.82, 2.24) is 9.13 Å². The highest BCUT2D eigenvalue weighted by molar-refractivity contribution is 6.27. The van der Waals surface area contributed by atoms with Crippen molar-refractivity contribution in [2.75, 3.05) is 0 Å². The highest BCUT2D eigenvalue weighted by atomic mass is 15.0. The van der Waals surface area contributed by atoms with E-state index in [4.69, 9.17) is 0 Å². The Balaban J connectivity index is 0.978. The summed E-state index contributed by atoms with van der Waals surface area (Å²) in [5.41, 5.74) is 17.2. The summed E-state index contributed by atoms with van der Waals surface area (Å²) in [6.45, 7) is 3.07. The molecule has 2 heterocycles. The molecular weight excluding hydrogens is 785 g/mol. The quantitative estimate of drug-likeness (QED) is 0.112. The lowest BCUT2D eigenvalue weighted by atomic mass is 9.82. The number of hydrogen-bond donors (Lipinski definition) is 0. The average molecular weight is 835 g/mol. The molecule has 0 fully saturated rings. The van der Waals surface area contributed by atoms with Crippen molar-refractivity contribution >= 4 is 88.1 Å². The van der Waals surface area contributed by atoms with Gasteiger partial charge in [-0.3, -0.25) is 0 Å². The molecule has 10 aromatic rings. The van der Waals surface area contributed by atoms with Crippen LogP contribution in [0.3, 0.4) is 0 Å². The van der Waals surface area contributed by atoms with Gasteiger partial charge in [-0.2, -0.15) is 0 Å². The number of allylic oxidation sites excluding steroid dienone is 10. The first kappa shape index (κ1) is 38.1. The van der Waals surface area contributed by atoms with Gasteiger partial charge in [0.25, 0.3) is 0 Å². The Hall–Kier alpha value is -7.42. The number of aromatic nitrogens is 2. The molecule has 2 aromatic heterocycles. The monoisotopic (exact) mass is 834 g/mol. The van der Waals surface area contributed by atoms with Gasteiger partial charge in [-0.25, -0.2) is 0 Å². The number of fused-ring (bicyclic) bond motifs is 16. The Morgan fingerprint density at radius 3 is 1.98 bits per heavy atom. The number of para-hydroxylation sites is 2. The molecule has 65 heavy (non-hydrogen) atoms. The van der Waals surface area contributed by atoms with Gasteiger partial charge in [0.05, 0.1) is 16.7 Å². The van der Waals surface area contributed by atoms with Crippen LogP contribution in [0.2, 0.25) is 0 Å². The van der Waals surface area contributed by atoms with Gasteiger partial charge in [0.2, 0.25) is 0 Å². The second-order valence-electron chi connectivity index (χ2n) is 18.3. The Bertz CT molecular complexity index is 3830. The summed E-state index contributed by atoms with van der Waals surface area (Å²) in [4.78, 5) is 0. The molecule has 0 unspecified atom stereocenters. The zero-order chi connectivity index (χ0) is 43.0. The molecule has 0 radical (unpaired) electrons. The van der Waals surface area contributed by atoms with Crippen molar-refractivity contribution in [3.8, 4) is 16.8 Å². The first-order valence-corrected chi connectivity index (χ1v) is 23.8. The molecule has 0 aliphatic heterocycles. The molecule has 0 spiro atoms. The minimum Gasteiger partial charge on any atom is -0.337 e. The van der Waals surface area contributed by atoms with Crippen LogP contribution in [0.15, 0.2) is 187 Å². The van der Waals surface area contributed by atoms with Crippen molar-refractivity contribution < 1.29 is 0 Å². The van der Waals surface area contributed by atoms with Crippen LogP contribution in [0.4, 0.5) is 0 Å². The molecule has 0 N–H and O–H groups in total. The van der Waals surface area contributed by atoms with Gasteiger partial charge in [-0.05, 0) is 159 Å². The van der Waals surface area contributed by atoms with Crippen molar-refractivity contribution in [1.29, 1.82) is 0 Å². The van der Waals surface area contributed by atoms with Crippen LogP contribution in [0.1, 0.15) is 61.3 Å². The third-order valence-corrected chi connectivity index (χ3v) is 14.7. The maximum Gasteiger partial charge on any atom is 0.0547 e. The average Bonchev–Trinajstić information content (AvgIpc) is 3.87. The van der Waals surface area contributed by atoms with Crippen molar-refractivity contribution in [3.63, 3.8) is 0 Å². The van der Waals surface area contributed by atoms with Crippen molar-refractivity contribution in [3.05, 3.63) is 209 Å². The normalized spacial score (nSPS) is 15.2. The Labute approximate surface area is 380 Å². The molecule has 2 heteroatoms. The molecule has 3 aliphatic rings. The second-order valence-corrected chi connectivity index (χ2v) is 18.3. The third-order valence-electron chi connectivity index (χ3n) is 14.7. The summed E-state index contributed by atoms with van der Waals surface area (Å²) in [5.74, 6) is 0. The first-order chi connectivity index (χ1) is 32.2. The second kappa shape index (κ2) is 15.4. The van der Waals surface area contributed by atoms with Gasteiger partial charge in [0.15, 0.2) is 0 Å². The minimum atomic E-state index is 0.815. The molecular formula is C63H50N2. The fourth-order valence-electron chi connectivity index (χ4n) is 11.7. The standard InChI is InChI=1S/C63H50N2/c1-2-41(42-19-4-3-5-20-42)18-16-17-37-64-57-29-14-12-26-50(57)54-38-44(32-35-58(54)64)45-33-36-60-55(39-45)51-27-13-15-30-59(51)65(60)61-40-56-49-25-9-8-23-47(49)48-24-10-11-28-52(48)63(56)62-46-22-7-6-21-43(46)31-34-53(61)62/h4,7-8,10-20,22-24,26-36,38-40H,2-3,5-6,9,21,25,37H2,1H3/b17-16-,41-18+. The maximum absolute atomic E-state index is 2.57. The van der Waals surface area contributed by atoms with Crippen LogP contribution >= 0.6 is 0 Å². The van der Waals surface area contributed by atoms with Gasteiger partial charge >= 0.3 is 0 Å². The van der Waals surface area contributed by atoms with Gasteiger partial charge in [-0.1, -0.05) is 153 Å². The molecule has 0 saturated heterocycles. The molecule has 8 aromatic carbocycles. The smallest absolute Gasteiger partial charge is 0.0547 e. The summed E-state index contributed by atoms with van der Waals surface area (Å²) in [5, 5.41) is 13.3. The number of nitrogens with zero attached hydrogens (tertiary/aromatic N) is 2. The lowest BCUT2D eigenvalue weighted by Gasteiger charge is -2.24. The molecule has 0 bridgehead atoms. The molecule has 312 valence electrons. The van der Waals surface area contributed by atoms with Crippen LogP contribution in [0.5, 0.6) is 0 Å². The van der Waals surface area contributed by atoms with E-state index in [1.807, 2.05) is 0 Å². The number of rotatable bonds is 7. The zero-order valence-corrected chi connectivity index (χ0v) is 36.9. The van der Waals surface area contributed by atoms with Crippen LogP contribution in [0.25, 0.3) is 105 Å². The molecule has 0 saturated carbocycles. The molecule has 2 nitrogen and oxygen atoms in total. The highest BCUT2D eigenvalue weighted by Gasteiger charge is 2.24. The fourth-order valence-corrected chi connectivity index (χ4v) is 11.7. The van der Waals surface area contributed by atoms with E-state index in [-0.39, 0.29) is 0 Å². The largest absolute Gasteiger partial charge is 0.337 e. The van der Waals surface area contributed by atoms with Gasteiger partial charge in [-0.15, -0.1) is 0 Å². The van der Waals surface area contributed by atoms with Crippen molar-refractivity contribution in [2.24, 2.45) is 0 Å². The fraction of sp³-hybridized carbons (Fsp3) is 0.143. The van der Waals surface area contributed by atoms with Crippen LogP contribution in [-0.2, 0) is 19.4 Å². The predicted octanol–water partition coefficient (Wildman–Crippen LogP) is 17.1. The molecule has 0 amide bonds. The summed E-state index contributed by atoms with van der Waals surface area (Å²) in [7, 11) is 0. The number of aryl methyl sites for hydroxylation is 2. The summed E-state index contributed by atoms with van der Waals surface area (Å²) in [6, 6.07) is 48.7. The summed E-state index contributed by atoms with van der Waals surface area (Å²) >= 11 is 0. The number of benzene rings is 8. The molecule has 3 aliphatic carbocycles. The van der Waals surface area contributed by atoms with Gasteiger partial charge in [0, 0.05) is 44.5 Å². The minimum absolute atomic E-state index is 0.815. The predicted molar refractivity (Wildman–Crippen MR) is 280 cm³/mol. The maximum atomic E-state index is 2.57. The van der Waals surface area contributed by atoms with Crippen LogP contribution in [-0.4, -0.2) is 9.13 Å². The first-order valence-electron chi connectivity index (χ1n) is 23.8. The lowest BCUT2D eigenvalue weighted by Crippen LogP contribution is -2.03. The van der Waals surface area contributed by atoms with E-state index in [2.05, 4.69) is 204 Å². The zero-order valence-electron chi connectivity index (χ0n) is 36.9. The van der Waals surface area contributed by atoms with E-state index >= 15 is 0 Å². The Morgan fingerprint density at radius 2 is 1.18 bits per heavy atom. The SMILES string of the molecule is CC/C(=C\C=C/Cn1c2ccccc2c2cc(-c3ccc4c(c3)c3ccccc3n4-c3cc4c5c(c6ccccc6c4c4c6c(ccc34)CCC=C6)C=CCC5)ccc21)C1=CCCC=C1. The van der Waals surface area contributed by atoms with Crippen molar-refractivity contribution in [2.45, 2.75) is 58.4 Å². The molecule has 13 rings (SSSR count). The van der Waals surface area contributed by atoms with Gasteiger partial charge < -0.3 is 9.13 Å². The highest BCUT2D eigenvalue weighted by Crippen LogP contribution is 2.46. The van der Waals surface area contributed by atoms with E-state index in [9.17, 15) is 0 Å². The number of hydrogen-bond acceptors (Lipinski definition) is 0. The van der Waals surface area contributed by atoms with Gasteiger partial charge in [0.1, 0.15) is 0 Å². The van der Waals surface area contributed by atoms with Crippen LogP contribution < -0.4 is 0 Å². The Kier molecular flexibility index (Phi) is 9.01.